The van der Waals surface area contributed by atoms with E-state index in [2.05, 4.69) is 6.07 Å². The van der Waals surface area contributed by atoms with Gasteiger partial charge in [0.25, 0.3) is 0 Å². The zero-order valence-corrected chi connectivity index (χ0v) is 11.0. The molecule has 0 saturated carbocycles. The Morgan fingerprint density at radius 3 is 2.58 bits per heavy atom. The van der Waals surface area contributed by atoms with Gasteiger partial charge < -0.3 is 4.74 Å². The van der Waals surface area contributed by atoms with Gasteiger partial charge in [0.1, 0.15) is 5.75 Å². The van der Waals surface area contributed by atoms with E-state index in [0.717, 1.165) is 11.3 Å². The highest BCUT2D eigenvalue weighted by Gasteiger charge is 2.09. The van der Waals surface area contributed by atoms with Crippen molar-refractivity contribution in [1.82, 2.24) is 0 Å². The van der Waals surface area contributed by atoms with Crippen LogP contribution in [0.2, 0.25) is 0 Å². The standard InChI is InChI=1S/C17H17NO/c1-14-6-5-9-17(12-14)19-11-10-16(13-18)15-7-3-2-4-8-15/h2-9,12,16H,10-11H2,1H3. The Balaban J connectivity index is 1.90. The van der Waals surface area contributed by atoms with Crippen LogP contribution in [0.3, 0.4) is 0 Å². The summed E-state index contributed by atoms with van der Waals surface area (Å²) in [6.07, 6.45) is 0.703. The highest BCUT2D eigenvalue weighted by molar-refractivity contribution is 5.28. The summed E-state index contributed by atoms with van der Waals surface area (Å²) in [5.74, 6) is 0.760. The van der Waals surface area contributed by atoms with Gasteiger partial charge >= 0.3 is 0 Å². The first-order chi connectivity index (χ1) is 9.29. The number of hydrogen-bond donors (Lipinski definition) is 0. The fourth-order valence-corrected chi connectivity index (χ4v) is 1.99. The minimum absolute atomic E-state index is 0.106. The van der Waals surface area contributed by atoms with Crippen LogP contribution in [0.5, 0.6) is 5.75 Å². The molecule has 2 rings (SSSR count). The minimum atomic E-state index is -0.106. The molecule has 1 atom stereocenters. The maximum absolute atomic E-state index is 9.22. The van der Waals surface area contributed by atoms with Gasteiger partial charge in [-0.1, -0.05) is 42.5 Å². The molecule has 1 unspecified atom stereocenters. The Hall–Kier alpha value is -2.27. The molecule has 0 aliphatic rings. The third kappa shape index (κ3) is 3.86. The molecule has 2 nitrogen and oxygen atoms in total. The second-order valence-electron chi connectivity index (χ2n) is 4.55. The maximum atomic E-state index is 9.22. The van der Waals surface area contributed by atoms with Crippen LogP contribution in [0.25, 0.3) is 0 Å². The molecule has 0 heterocycles. The van der Waals surface area contributed by atoms with Crippen LogP contribution < -0.4 is 4.74 Å². The van der Waals surface area contributed by atoms with E-state index in [0.29, 0.717) is 13.0 Å². The van der Waals surface area contributed by atoms with Gasteiger partial charge in [0.05, 0.1) is 18.6 Å². The lowest BCUT2D eigenvalue weighted by Crippen LogP contribution is -2.04. The van der Waals surface area contributed by atoms with Gasteiger partial charge in [-0.15, -0.1) is 0 Å². The summed E-state index contributed by atoms with van der Waals surface area (Å²) >= 11 is 0. The molecule has 0 aliphatic carbocycles. The molecular formula is C17H17NO. The zero-order valence-electron chi connectivity index (χ0n) is 11.0. The Morgan fingerprint density at radius 1 is 1.11 bits per heavy atom. The Morgan fingerprint density at radius 2 is 1.89 bits per heavy atom. The minimum Gasteiger partial charge on any atom is -0.494 e. The van der Waals surface area contributed by atoms with Crippen molar-refractivity contribution in [1.29, 1.82) is 5.26 Å². The van der Waals surface area contributed by atoms with Crippen LogP contribution in [-0.4, -0.2) is 6.61 Å². The first-order valence-electron chi connectivity index (χ1n) is 6.43. The van der Waals surface area contributed by atoms with Crippen molar-refractivity contribution >= 4 is 0 Å². The van der Waals surface area contributed by atoms with Gasteiger partial charge in [0, 0.05) is 6.42 Å². The molecule has 2 aromatic rings. The smallest absolute Gasteiger partial charge is 0.119 e. The second-order valence-corrected chi connectivity index (χ2v) is 4.55. The average molecular weight is 251 g/mol. The summed E-state index contributed by atoms with van der Waals surface area (Å²) in [5, 5.41) is 9.22. The Bertz CT molecular complexity index is 557. The molecule has 19 heavy (non-hydrogen) atoms. The highest BCUT2D eigenvalue weighted by Crippen LogP contribution is 2.19. The van der Waals surface area contributed by atoms with Gasteiger partial charge in [0.2, 0.25) is 0 Å². The molecule has 0 aromatic heterocycles. The molecule has 0 radical (unpaired) electrons. The van der Waals surface area contributed by atoms with Crippen LogP contribution in [0.15, 0.2) is 54.6 Å². The van der Waals surface area contributed by atoms with Crippen molar-refractivity contribution < 1.29 is 4.74 Å². The summed E-state index contributed by atoms with van der Waals surface area (Å²) in [5.41, 5.74) is 2.23. The zero-order chi connectivity index (χ0) is 13.5. The van der Waals surface area contributed by atoms with Gasteiger partial charge in [-0.2, -0.15) is 5.26 Å². The summed E-state index contributed by atoms with van der Waals surface area (Å²) in [7, 11) is 0. The van der Waals surface area contributed by atoms with Crippen molar-refractivity contribution in [2.24, 2.45) is 0 Å². The third-order valence-electron chi connectivity index (χ3n) is 3.02. The highest BCUT2D eigenvalue weighted by atomic mass is 16.5. The summed E-state index contributed by atoms with van der Waals surface area (Å²) < 4.78 is 5.69. The maximum Gasteiger partial charge on any atom is 0.119 e. The van der Waals surface area contributed by atoms with E-state index < -0.39 is 0 Å². The fourth-order valence-electron chi connectivity index (χ4n) is 1.99. The first-order valence-corrected chi connectivity index (χ1v) is 6.43. The van der Waals surface area contributed by atoms with Crippen molar-refractivity contribution in [3.05, 3.63) is 65.7 Å². The molecule has 0 N–H and O–H groups in total. The quantitative estimate of drug-likeness (QED) is 0.802. The van der Waals surface area contributed by atoms with Gasteiger partial charge in [-0.25, -0.2) is 0 Å². The molecule has 0 bridgehead atoms. The lowest BCUT2D eigenvalue weighted by atomic mass is 9.98. The first kappa shape index (κ1) is 13.2. The number of aryl methyl sites for hydroxylation is 1. The number of nitrogens with zero attached hydrogens (tertiary/aromatic N) is 1. The number of rotatable bonds is 5. The van der Waals surface area contributed by atoms with E-state index in [1.807, 2.05) is 61.5 Å². The molecule has 0 saturated heterocycles. The van der Waals surface area contributed by atoms with Crippen molar-refractivity contribution in [3.8, 4) is 11.8 Å². The Kier molecular flexibility index (Phi) is 4.58. The molecule has 0 amide bonds. The van der Waals surface area contributed by atoms with Crippen LogP contribution >= 0.6 is 0 Å². The Labute approximate surface area is 114 Å². The second kappa shape index (κ2) is 6.61. The van der Waals surface area contributed by atoms with Crippen molar-refractivity contribution in [3.63, 3.8) is 0 Å². The molecular weight excluding hydrogens is 234 g/mol. The van der Waals surface area contributed by atoms with Gasteiger partial charge in [-0.05, 0) is 30.2 Å². The van der Waals surface area contributed by atoms with Crippen LogP contribution in [0.1, 0.15) is 23.5 Å². The van der Waals surface area contributed by atoms with Crippen LogP contribution in [0, 0.1) is 18.3 Å². The lowest BCUT2D eigenvalue weighted by molar-refractivity contribution is 0.306. The van der Waals surface area contributed by atoms with E-state index in [9.17, 15) is 5.26 Å². The lowest BCUT2D eigenvalue weighted by Gasteiger charge is -2.11. The molecule has 2 aromatic carbocycles. The van der Waals surface area contributed by atoms with Crippen LogP contribution in [-0.2, 0) is 0 Å². The largest absolute Gasteiger partial charge is 0.494 e. The van der Waals surface area contributed by atoms with Gasteiger partial charge in [-0.3, -0.25) is 0 Å². The number of hydrogen-bond acceptors (Lipinski definition) is 2. The van der Waals surface area contributed by atoms with Crippen molar-refractivity contribution in [2.75, 3.05) is 6.61 Å². The summed E-state index contributed by atoms with van der Waals surface area (Å²) in [6, 6.07) is 20.1. The summed E-state index contributed by atoms with van der Waals surface area (Å²) in [6.45, 7) is 2.59. The van der Waals surface area contributed by atoms with E-state index in [4.69, 9.17) is 4.74 Å². The molecule has 96 valence electrons. The van der Waals surface area contributed by atoms with E-state index in [-0.39, 0.29) is 5.92 Å². The normalized spacial score (nSPS) is 11.6. The predicted molar refractivity (Wildman–Crippen MR) is 76.1 cm³/mol. The van der Waals surface area contributed by atoms with Crippen LogP contribution in [0.4, 0.5) is 0 Å². The average Bonchev–Trinajstić information content (AvgIpc) is 2.45. The molecule has 2 heteroatoms. The number of ether oxygens (including phenoxy) is 1. The van der Waals surface area contributed by atoms with Crippen molar-refractivity contribution in [2.45, 2.75) is 19.3 Å². The van der Waals surface area contributed by atoms with E-state index >= 15 is 0 Å². The van der Waals surface area contributed by atoms with E-state index in [1.165, 1.54) is 5.56 Å². The molecule has 0 aliphatic heterocycles. The monoisotopic (exact) mass is 251 g/mol. The number of benzene rings is 2. The molecule has 0 spiro atoms. The topological polar surface area (TPSA) is 33.0 Å². The fraction of sp³-hybridized carbons (Fsp3) is 0.235. The molecule has 0 fully saturated rings. The third-order valence-corrected chi connectivity index (χ3v) is 3.02. The summed E-state index contributed by atoms with van der Waals surface area (Å²) in [4.78, 5) is 0. The predicted octanol–water partition coefficient (Wildman–Crippen LogP) is 4.07. The SMILES string of the molecule is Cc1cccc(OCCC(C#N)c2ccccc2)c1. The number of nitriles is 1. The van der Waals surface area contributed by atoms with Gasteiger partial charge in [0.15, 0.2) is 0 Å². The van der Waals surface area contributed by atoms with E-state index in [1.54, 1.807) is 0 Å².